The van der Waals surface area contributed by atoms with E-state index in [1.165, 1.54) is 19.3 Å². The summed E-state index contributed by atoms with van der Waals surface area (Å²) in [7, 11) is 0. The molecule has 1 aliphatic carbocycles. The Labute approximate surface area is 135 Å². The molecule has 23 heavy (non-hydrogen) atoms. The second-order valence-corrected chi connectivity index (χ2v) is 6.42. The molecule has 2 aromatic rings. The van der Waals surface area contributed by atoms with E-state index in [0.717, 1.165) is 31.0 Å². The molecule has 1 aliphatic heterocycles. The highest BCUT2D eigenvalue weighted by Gasteiger charge is 2.49. The first-order valence-electron chi connectivity index (χ1n) is 8.46. The number of ether oxygens (including phenoxy) is 1. The van der Waals surface area contributed by atoms with Crippen molar-refractivity contribution in [2.24, 2.45) is 5.92 Å². The molecule has 0 radical (unpaired) electrons. The molecule has 2 aromatic heterocycles. The Balaban J connectivity index is 1.69. The first kappa shape index (κ1) is 14.6. The smallest absolute Gasteiger partial charge is 0.234 e. The zero-order valence-corrected chi connectivity index (χ0v) is 13.4. The largest absolute Gasteiger partial charge is 0.477 e. The molecule has 0 aromatic carbocycles. The topological polar surface area (TPSA) is 73.1 Å². The molecule has 1 saturated carbocycles. The van der Waals surface area contributed by atoms with Gasteiger partial charge >= 0.3 is 0 Å². The van der Waals surface area contributed by atoms with Crippen molar-refractivity contribution in [3.63, 3.8) is 0 Å². The summed E-state index contributed by atoms with van der Waals surface area (Å²) in [4.78, 5) is 9.02. The van der Waals surface area contributed by atoms with Gasteiger partial charge in [-0.05, 0) is 50.8 Å². The standard InChI is InChI=1S/C17H22N4O2/c1-2-22-15-13(7-4-9-19-15)14-20-16(23-21-14)17(8-10-18-11-17)12-5-3-6-12/h4,7,9,12,18H,2-3,5-6,8,10-11H2,1H3. The van der Waals surface area contributed by atoms with Gasteiger partial charge in [-0.2, -0.15) is 4.98 Å². The summed E-state index contributed by atoms with van der Waals surface area (Å²) in [6.45, 7) is 4.45. The number of aromatic nitrogens is 3. The van der Waals surface area contributed by atoms with Gasteiger partial charge in [-0.3, -0.25) is 0 Å². The van der Waals surface area contributed by atoms with Crippen molar-refractivity contribution in [3.8, 4) is 17.3 Å². The maximum atomic E-state index is 5.71. The highest BCUT2D eigenvalue weighted by Crippen LogP contribution is 2.47. The minimum atomic E-state index is 0.0114. The molecular weight excluding hydrogens is 292 g/mol. The lowest BCUT2D eigenvalue weighted by Crippen LogP contribution is -2.41. The quantitative estimate of drug-likeness (QED) is 0.914. The van der Waals surface area contributed by atoms with Gasteiger partial charge in [0.05, 0.1) is 17.6 Å². The van der Waals surface area contributed by atoms with Crippen molar-refractivity contribution in [2.45, 2.75) is 38.0 Å². The molecule has 1 N–H and O–H groups in total. The third kappa shape index (κ3) is 2.41. The lowest BCUT2D eigenvalue weighted by Gasteiger charge is -2.39. The van der Waals surface area contributed by atoms with Crippen LogP contribution < -0.4 is 10.1 Å². The first-order valence-corrected chi connectivity index (χ1v) is 8.46. The van der Waals surface area contributed by atoms with Crippen LogP contribution in [0.1, 0.15) is 38.5 Å². The summed E-state index contributed by atoms with van der Waals surface area (Å²) in [6, 6.07) is 3.79. The van der Waals surface area contributed by atoms with Gasteiger partial charge in [0.1, 0.15) is 0 Å². The van der Waals surface area contributed by atoms with E-state index < -0.39 is 0 Å². The Morgan fingerprint density at radius 3 is 3.04 bits per heavy atom. The molecule has 122 valence electrons. The van der Waals surface area contributed by atoms with Crippen LogP contribution in [0, 0.1) is 5.92 Å². The predicted molar refractivity (Wildman–Crippen MR) is 85.2 cm³/mol. The number of hydrogen-bond acceptors (Lipinski definition) is 6. The molecule has 3 heterocycles. The molecule has 6 nitrogen and oxygen atoms in total. The van der Waals surface area contributed by atoms with Gasteiger partial charge < -0.3 is 14.6 Å². The van der Waals surface area contributed by atoms with Crippen molar-refractivity contribution in [1.82, 2.24) is 20.4 Å². The van der Waals surface area contributed by atoms with E-state index in [2.05, 4.69) is 15.5 Å². The Morgan fingerprint density at radius 1 is 1.43 bits per heavy atom. The van der Waals surface area contributed by atoms with Gasteiger partial charge in [0, 0.05) is 12.7 Å². The molecule has 1 unspecified atom stereocenters. The molecule has 1 atom stereocenters. The van der Waals surface area contributed by atoms with Gasteiger partial charge in [0.2, 0.25) is 17.6 Å². The number of rotatable bonds is 5. The van der Waals surface area contributed by atoms with Crippen LogP contribution in [-0.2, 0) is 5.41 Å². The molecule has 6 heteroatoms. The maximum Gasteiger partial charge on any atom is 0.234 e. The van der Waals surface area contributed by atoms with E-state index in [0.29, 0.717) is 24.2 Å². The zero-order chi connectivity index (χ0) is 15.7. The van der Waals surface area contributed by atoms with Gasteiger partial charge in [-0.1, -0.05) is 11.6 Å². The summed E-state index contributed by atoms with van der Waals surface area (Å²) in [6.07, 6.45) is 6.62. The van der Waals surface area contributed by atoms with Crippen molar-refractivity contribution >= 4 is 0 Å². The highest BCUT2D eigenvalue weighted by atomic mass is 16.5. The minimum absolute atomic E-state index is 0.0114. The van der Waals surface area contributed by atoms with Crippen LogP contribution in [0.15, 0.2) is 22.9 Å². The normalized spacial score (nSPS) is 24.6. The second kappa shape index (κ2) is 5.92. The van der Waals surface area contributed by atoms with Crippen molar-refractivity contribution in [1.29, 1.82) is 0 Å². The summed E-state index contributed by atoms with van der Waals surface area (Å²) < 4.78 is 11.3. The number of pyridine rings is 1. The van der Waals surface area contributed by atoms with Crippen LogP contribution in [0.4, 0.5) is 0 Å². The maximum absolute atomic E-state index is 5.71. The monoisotopic (exact) mass is 314 g/mol. The Bertz CT molecular complexity index is 675. The molecule has 2 fully saturated rings. The highest BCUT2D eigenvalue weighted by molar-refractivity contribution is 5.60. The zero-order valence-electron chi connectivity index (χ0n) is 13.4. The van der Waals surface area contributed by atoms with Crippen molar-refractivity contribution in [3.05, 3.63) is 24.2 Å². The van der Waals surface area contributed by atoms with E-state index in [4.69, 9.17) is 14.2 Å². The first-order chi connectivity index (χ1) is 11.3. The van der Waals surface area contributed by atoms with Crippen LogP contribution in [0.3, 0.4) is 0 Å². The SMILES string of the molecule is CCOc1ncccc1-c1noc(C2(C3CCC3)CCNC2)n1. The van der Waals surface area contributed by atoms with E-state index in [-0.39, 0.29) is 5.41 Å². The third-order valence-corrected chi connectivity index (χ3v) is 5.22. The average Bonchev–Trinajstić information content (AvgIpc) is 3.16. The Hall–Kier alpha value is -1.95. The van der Waals surface area contributed by atoms with Gasteiger partial charge in [0.15, 0.2) is 0 Å². The van der Waals surface area contributed by atoms with E-state index in [9.17, 15) is 0 Å². The molecule has 0 amide bonds. The van der Waals surface area contributed by atoms with Crippen molar-refractivity contribution < 1.29 is 9.26 Å². The van der Waals surface area contributed by atoms with E-state index in [1.807, 2.05) is 19.1 Å². The molecular formula is C17H22N4O2. The molecule has 0 spiro atoms. The summed E-state index contributed by atoms with van der Waals surface area (Å²) in [5.74, 6) is 2.56. The molecule has 2 aliphatic rings. The predicted octanol–water partition coefficient (Wildman–Crippen LogP) is 2.56. The van der Waals surface area contributed by atoms with Crippen LogP contribution in [-0.4, -0.2) is 34.8 Å². The second-order valence-electron chi connectivity index (χ2n) is 6.42. The Morgan fingerprint density at radius 2 is 2.35 bits per heavy atom. The minimum Gasteiger partial charge on any atom is -0.477 e. The summed E-state index contributed by atoms with van der Waals surface area (Å²) in [5.41, 5.74) is 0.802. The summed E-state index contributed by atoms with van der Waals surface area (Å²) in [5, 5.41) is 7.70. The number of nitrogens with zero attached hydrogens (tertiary/aromatic N) is 3. The fraction of sp³-hybridized carbons (Fsp3) is 0.588. The summed E-state index contributed by atoms with van der Waals surface area (Å²) >= 11 is 0. The fourth-order valence-corrected chi connectivity index (χ4v) is 3.73. The van der Waals surface area contributed by atoms with Crippen molar-refractivity contribution in [2.75, 3.05) is 19.7 Å². The van der Waals surface area contributed by atoms with E-state index in [1.54, 1.807) is 6.20 Å². The fourth-order valence-electron chi connectivity index (χ4n) is 3.73. The van der Waals surface area contributed by atoms with Crippen LogP contribution in [0.25, 0.3) is 11.4 Å². The lowest BCUT2D eigenvalue weighted by atomic mass is 9.64. The molecule has 4 rings (SSSR count). The lowest BCUT2D eigenvalue weighted by molar-refractivity contribution is 0.137. The van der Waals surface area contributed by atoms with Crippen LogP contribution in [0.2, 0.25) is 0 Å². The third-order valence-electron chi connectivity index (χ3n) is 5.22. The number of hydrogen-bond donors (Lipinski definition) is 1. The van der Waals surface area contributed by atoms with E-state index >= 15 is 0 Å². The number of nitrogens with one attached hydrogen (secondary N) is 1. The molecule has 0 bridgehead atoms. The van der Waals surface area contributed by atoms with Crippen LogP contribution >= 0.6 is 0 Å². The van der Waals surface area contributed by atoms with Gasteiger partial charge in [0.25, 0.3) is 0 Å². The molecule has 1 saturated heterocycles. The van der Waals surface area contributed by atoms with Crippen LogP contribution in [0.5, 0.6) is 5.88 Å². The average molecular weight is 314 g/mol. The van der Waals surface area contributed by atoms with Gasteiger partial charge in [-0.15, -0.1) is 0 Å². The van der Waals surface area contributed by atoms with Gasteiger partial charge in [-0.25, -0.2) is 4.98 Å². The Kier molecular flexibility index (Phi) is 3.77.